The van der Waals surface area contributed by atoms with Gasteiger partial charge in [-0.15, -0.1) is 0 Å². The number of para-hydroxylation sites is 1. The van der Waals surface area contributed by atoms with Gasteiger partial charge in [0.25, 0.3) is 0 Å². The van der Waals surface area contributed by atoms with E-state index in [0.29, 0.717) is 23.9 Å². The van der Waals surface area contributed by atoms with Crippen molar-refractivity contribution in [2.45, 2.75) is 45.6 Å². The molecule has 4 nitrogen and oxygen atoms in total. The topological polar surface area (TPSA) is 55.6 Å². The molecule has 1 saturated heterocycles. The average molecular weight is 276 g/mol. The molecule has 1 unspecified atom stereocenters. The Balaban J connectivity index is 2.40. The smallest absolute Gasteiger partial charge is 0.340 e. The predicted octanol–water partition coefficient (Wildman–Crippen LogP) is 3.21. The number of esters is 1. The molecule has 1 atom stereocenters. The molecule has 0 bridgehead atoms. The van der Waals surface area contributed by atoms with Crippen LogP contribution in [0.15, 0.2) is 18.2 Å². The van der Waals surface area contributed by atoms with Gasteiger partial charge in [0.1, 0.15) is 0 Å². The summed E-state index contributed by atoms with van der Waals surface area (Å²) in [6, 6.07) is 5.88. The third-order valence-corrected chi connectivity index (χ3v) is 3.90. The number of nitrogens with two attached hydrogens (primary N) is 1. The second-order valence-electron chi connectivity index (χ2n) is 5.36. The van der Waals surface area contributed by atoms with E-state index >= 15 is 0 Å². The van der Waals surface area contributed by atoms with Gasteiger partial charge in [-0.05, 0) is 38.8 Å². The molecular formula is C16H24N2O2. The Morgan fingerprint density at radius 2 is 2.20 bits per heavy atom. The highest BCUT2D eigenvalue weighted by Gasteiger charge is 2.24. The van der Waals surface area contributed by atoms with E-state index in [1.807, 2.05) is 19.1 Å². The van der Waals surface area contributed by atoms with Gasteiger partial charge in [-0.25, -0.2) is 4.79 Å². The van der Waals surface area contributed by atoms with Crippen molar-refractivity contribution >= 4 is 17.3 Å². The van der Waals surface area contributed by atoms with E-state index in [9.17, 15) is 4.79 Å². The molecule has 1 aliphatic rings. The van der Waals surface area contributed by atoms with Crippen molar-refractivity contribution in [1.82, 2.24) is 0 Å². The minimum Gasteiger partial charge on any atom is -0.462 e. The lowest BCUT2D eigenvalue weighted by Crippen LogP contribution is -2.34. The van der Waals surface area contributed by atoms with Gasteiger partial charge < -0.3 is 15.4 Å². The van der Waals surface area contributed by atoms with Crippen LogP contribution in [0.25, 0.3) is 0 Å². The molecular weight excluding hydrogens is 252 g/mol. The minimum absolute atomic E-state index is 0.286. The fourth-order valence-corrected chi connectivity index (χ4v) is 2.86. The van der Waals surface area contributed by atoms with Gasteiger partial charge in [-0.3, -0.25) is 0 Å². The lowest BCUT2D eigenvalue weighted by molar-refractivity contribution is 0.0527. The minimum atomic E-state index is -0.286. The molecule has 1 aromatic rings. The summed E-state index contributed by atoms with van der Waals surface area (Å²) in [5.41, 5.74) is 8.24. The molecule has 1 heterocycles. The Bertz CT molecular complexity index is 474. The first-order valence-electron chi connectivity index (χ1n) is 7.47. The molecule has 4 heteroatoms. The molecule has 0 saturated carbocycles. The summed E-state index contributed by atoms with van der Waals surface area (Å²) in [6.07, 6.45) is 4.75. The van der Waals surface area contributed by atoms with E-state index in [1.165, 1.54) is 12.8 Å². The zero-order chi connectivity index (χ0) is 14.5. The van der Waals surface area contributed by atoms with Crippen LogP contribution in [0.3, 0.4) is 0 Å². The number of ether oxygens (including phenoxy) is 1. The highest BCUT2D eigenvalue weighted by atomic mass is 16.5. The zero-order valence-corrected chi connectivity index (χ0v) is 12.4. The SMILES string of the molecule is CCOC(=O)c1cccc(N)c1N1CCCCCC1C. The third kappa shape index (κ3) is 3.06. The van der Waals surface area contributed by atoms with Gasteiger partial charge in [-0.2, -0.15) is 0 Å². The fourth-order valence-electron chi connectivity index (χ4n) is 2.86. The summed E-state index contributed by atoms with van der Waals surface area (Å²) < 4.78 is 5.16. The Hall–Kier alpha value is -1.71. The molecule has 20 heavy (non-hydrogen) atoms. The van der Waals surface area contributed by atoms with Crippen molar-refractivity contribution in [3.05, 3.63) is 23.8 Å². The first-order valence-corrected chi connectivity index (χ1v) is 7.47. The average Bonchev–Trinajstić information content (AvgIpc) is 2.63. The molecule has 1 fully saturated rings. The van der Waals surface area contributed by atoms with Crippen LogP contribution in [0, 0.1) is 0 Å². The van der Waals surface area contributed by atoms with Gasteiger partial charge in [0.05, 0.1) is 23.5 Å². The molecule has 1 aliphatic heterocycles. The van der Waals surface area contributed by atoms with E-state index in [4.69, 9.17) is 10.5 Å². The molecule has 2 rings (SSSR count). The monoisotopic (exact) mass is 276 g/mol. The number of anilines is 2. The molecule has 0 amide bonds. The highest BCUT2D eigenvalue weighted by Crippen LogP contribution is 2.33. The first-order chi connectivity index (χ1) is 9.65. The number of rotatable bonds is 3. The highest BCUT2D eigenvalue weighted by molar-refractivity contribution is 5.99. The zero-order valence-electron chi connectivity index (χ0n) is 12.4. The van der Waals surface area contributed by atoms with Gasteiger partial charge in [-0.1, -0.05) is 18.9 Å². The number of hydrogen-bond acceptors (Lipinski definition) is 4. The number of carbonyl (C=O) groups excluding carboxylic acids is 1. The van der Waals surface area contributed by atoms with Crippen molar-refractivity contribution < 1.29 is 9.53 Å². The maximum Gasteiger partial charge on any atom is 0.340 e. The summed E-state index contributed by atoms with van der Waals surface area (Å²) in [7, 11) is 0. The number of nitrogens with zero attached hydrogens (tertiary/aromatic N) is 1. The third-order valence-electron chi connectivity index (χ3n) is 3.90. The summed E-state index contributed by atoms with van der Waals surface area (Å²) in [6.45, 7) is 5.34. The van der Waals surface area contributed by atoms with Crippen molar-refractivity contribution in [3.8, 4) is 0 Å². The molecule has 2 N–H and O–H groups in total. The molecule has 0 aromatic heterocycles. The maximum absolute atomic E-state index is 12.1. The predicted molar refractivity (Wildman–Crippen MR) is 82.1 cm³/mol. The van der Waals surface area contributed by atoms with Crippen LogP contribution in [0.4, 0.5) is 11.4 Å². The standard InChI is InChI=1S/C16H24N2O2/c1-3-20-16(19)13-9-7-10-14(17)15(13)18-11-6-4-5-8-12(18)2/h7,9-10,12H,3-6,8,11,17H2,1-2H3. The van der Waals surface area contributed by atoms with E-state index in [-0.39, 0.29) is 5.97 Å². The summed E-state index contributed by atoms with van der Waals surface area (Å²) >= 11 is 0. The van der Waals surface area contributed by atoms with Crippen molar-refractivity contribution in [2.75, 3.05) is 23.8 Å². The fraction of sp³-hybridized carbons (Fsp3) is 0.562. The number of nitrogen functional groups attached to an aromatic ring is 1. The van der Waals surface area contributed by atoms with Gasteiger partial charge in [0.2, 0.25) is 0 Å². The normalized spacial score (nSPS) is 19.5. The van der Waals surface area contributed by atoms with Crippen LogP contribution in [0.1, 0.15) is 49.9 Å². The Morgan fingerprint density at radius 3 is 2.95 bits per heavy atom. The first kappa shape index (κ1) is 14.7. The van der Waals surface area contributed by atoms with E-state index < -0.39 is 0 Å². The molecule has 0 radical (unpaired) electrons. The van der Waals surface area contributed by atoms with Gasteiger partial charge >= 0.3 is 5.97 Å². The second kappa shape index (κ2) is 6.64. The lowest BCUT2D eigenvalue weighted by atomic mass is 10.1. The van der Waals surface area contributed by atoms with Crippen LogP contribution in [0.5, 0.6) is 0 Å². The van der Waals surface area contributed by atoms with Crippen LogP contribution in [-0.2, 0) is 4.74 Å². The number of hydrogen-bond donors (Lipinski definition) is 1. The molecule has 110 valence electrons. The van der Waals surface area contributed by atoms with E-state index in [1.54, 1.807) is 6.07 Å². The number of benzene rings is 1. The van der Waals surface area contributed by atoms with Gasteiger partial charge in [0.15, 0.2) is 0 Å². The Kier molecular flexibility index (Phi) is 4.88. The van der Waals surface area contributed by atoms with Crippen molar-refractivity contribution in [3.63, 3.8) is 0 Å². The van der Waals surface area contributed by atoms with Crippen LogP contribution in [-0.4, -0.2) is 25.2 Å². The second-order valence-corrected chi connectivity index (χ2v) is 5.36. The largest absolute Gasteiger partial charge is 0.462 e. The van der Waals surface area contributed by atoms with Crippen molar-refractivity contribution in [1.29, 1.82) is 0 Å². The van der Waals surface area contributed by atoms with E-state index in [0.717, 1.165) is 25.1 Å². The molecule has 0 aliphatic carbocycles. The summed E-state index contributed by atoms with van der Waals surface area (Å²) in [5, 5.41) is 0. The van der Waals surface area contributed by atoms with Crippen LogP contribution >= 0.6 is 0 Å². The molecule has 1 aromatic carbocycles. The van der Waals surface area contributed by atoms with Crippen LogP contribution in [0.2, 0.25) is 0 Å². The van der Waals surface area contributed by atoms with Crippen LogP contribution < -0.4 is 10.6 Å². The Morgan fingerprint density at radius 1 is 1.40 bits per heavy atom. The van der Waals surface area contributed by atoms with Gasteiger partial charge in [0, 0.05) is 12.6 Å². The summed E-state index contributed by atoms with van der Waals surface area (Å²) in [5.74, 6) is -0.286. The quantitative estimate of drug-likeness (QED) is 0.680. The maximum atomic E-state index is 12.1. The van der Waals surface area contributed by atoms with Crippen molar-refractivity contribution in [2.24, 2.45) is 0 Å². The number of carbonyl (C=O) groups is 1. The lowest BCUT2D eigenvalue weighted by Gasteiger charge is -2.32. The molecule has 0 spiro atoms. The van der Waals surface area contributed by atoms with E-state index in [2.05, 4.69) is 11.8 Å². The summed E-state index contributed by atoms with van der Waals surface area (Å²) in [4.78, 5) is 14.4. The Labute approximate surface area is 120 Å².